The molecule has 182 valence electrons. The summed E-state index contributed by atoms with van der Waals surface area (Å²) >= 11 is 0. The van der Waals surface area contributed by atoms with Crippen LogP contribution in [0, 0.1) is 12.3 Å². The van der Waals surface area contributed by atoms with Gasteiger partial charge in [0.25, 0.3) is 0 Å². The molecular weight excluding hydrogens is 432 g/mol. The number of hydrogen-bond acceptors (Lipinski definition) is 6. The number of likely N-dealkylation sites (tertiary alicyclic amines) is 2. The molecule has 2 saturated heterocycles. The highest BCUT2D eigenvalue weighted by atomic mass is 16.5. The van der Waals surface area contributed by atoms with Crippen molar-refractivity contribution in [2.24, 2.45) is 5.41 Å². The largest absolute Gasteiger partial charge is 0.437 e. The molecule has 2 aliphatic rings. The highest BCUT2D eigenvalue weighted by molar-refractivity contribution is 5.83. The van der Waals surface area contributed by atoms with E-state index >= 15 is 0 Å². The third-order valence-corrected chi connectivity index (χ3v) is 7.07. The normalized spacial score (nSPS) is 20.1. The molecule has 2 fully saturated rings. The third-order valence-electron chi connectivity index (χ3n) is 7.07. The number of amides is 2. The van der Waals surface area contributed by atoms with Gasteiger partial charge in [-0.1, -0.05) is 25.1 Å². The summed E-state index contributed by atoms with van der Waals surface area (Å²) in [6.45, 7) is 6.68. The topological polar surface area (TPSA) is 84.9 Å². The monoisotopic (exact) mass is 466 g/mol. The Morgan fingerprint density at radius 3 is 2.62 bits per heavy atom. The Bertz CT molecular complexity index is 1020. The first-order chi connectivity index (χ1) is 16.4. The van der Waals surface area contributed by atoms with E-state index in [0.717, 1.165) is 36.4 Å². The maximum absolute atomic E-state index is 13.5. The molecule has 0 spiro atoms. The van der Waals surface area contributed by atoms with Gasteiger partial charge < -0.3 is 19.3 Å². The first kappa shape index (κ1) is 24.1. The van der Waals surface area contributed by atoms with E-state index in [2.05, 4.69) is 4.98 Å². The molecule has 8 heteroatoms. The number of rotatable bonds is 6. The van der Waals surface area contributed by atoms with Gasteiger partial charge in [-0.05, 0) is 44.2 Å². The summed E-state index contributed by atoms with van der Waals surface area (Å²) in [4.78, 5) is 38.5. The van der Waals surface area contributed by atoms with Crippen molar-refractivity contribution in [2.75, 3.05) is 39.9 Å². The number of nitrogens with zero attached hydrogens (tertiary/aromatic N) is 4. The van der Waals surface area contributed by atoms with Crippen molar-refractivity contribution >= 4 is 11.8 Å². The maximum atomic E-state index is 13.5. The molecule has 2 aromatic rings. The Kier molecular flexibility index (Phi) is 7.46. The number of ether oxygens (including phenoxy) is 2. The zero-order valence-corrected chi connectivity index (χ0v) is 20.3. The summed E-state index contributed by atoms with van der Waals surface area (Å²) in [6, 6.07) is 7.82. The Hall–Kier alpha value is -3.00. The van der Waals surface area contributed by atoms with Crippen LogP contribution in [0.2, 0.25) is 0 Å². The third kappa shape index (κ3) is 5.38. The molecule has 1 aromatic heterocycles. The van der Waals surface area contributed by atoms with Gasteiger partial charge in [0.1, 0.15) is 12.4 Å². The van der Waals surface area contributed by atoms with Crippen LogP contribution in [-0.2, 0) is 14.3 Å². The van der Waals surface area contributed by atoms with Gasteiger partial charge in [0.05, 0.1) is 11.9 Å². The van der Waals surface area contributed by atoms with Gasteiger partial charge in [0, 0.05) is 50.8 Å². The number of para-hydroxylation sites is 1. The average Bonchev–Trinajstić information content (AvgIpc) is 2.86. The molecule has 1 unspecified atom stereocenters. The van der Waals surface area contributed by atoms with E-state index in [1.165, 1.54) is 7.11 Å². The van der Waals surface area contributed by atoms with Crippen molar-refractivity contribution in [3.63, 3.8) is 0 Å². The minimum atomic E-state index is -0.451. The van der Waals surface area contributed by atoms with Crippen molar-refractivity contribution in [3.8, 4) is 11.6 Å². The fourth-order valence-electron chi connectivity index (χ4n) is 4.85. The molecule has 0 saturated carbocycles. The summed E-state index contributed by atoms with van der Waals surface area (Å²) in [5, 5.41) is 0. The lowest BCUT2D eigenvalue weighted by Gasteiger charge is -2.43. The van der Waals surface area contributed by atoms with Crippen molar-refractivity contribution in [1.82, 2.24) is 19.8 Å². The van der Waals surface area contributed by atoms with E-state index in [1.54, 1.807) is 17.3 Å². The summed E-state index contributed by atoms with van der Waals surface area (Å²) in [5.74, 6) is 1.52. The average molecular weight is 467 g/mol. The van der Waals surface area contributed by atoms with E-state index in [4.69, 9.17) is 14.5 Å². The second-order valence-electron chi connectivity index (χ2n) is 9.61. The quantitative estimate of drug-likeness (QED) is 0.647. The lowest BCUT2D eigenvalue weighted by atomic mass is 9.78. The van der Waals surface area contributed by atoms with Crippen LogP contribution >= 0.6 is 0 Å². The SMILES string of the molecule is COCC(=O)N1CCC(C)(C(=O)N2CCCC(c3cncc(Oc4ccccc4C)n3)C2)CC1. The van der Waals surface area contributed by atoms with Gasteiger partial charge in [-0.2, -0.15) is 0 Å². The smallest absolute Gasteiger partial charge is 0.248 e. The number of carbonyl (C=O) groups excluding carboxylic acids is 2. The number of aromatic nitrogens is 2. The Balaban J connectivity index is 1.40. The van der Waals surface area contributed by atoms with Crippen LogP contribution in [0.15, 0.2) is 36.7 Å². The Morgan fingerprint density at radius 2 is 1.88 bits per heavy atom. The second-order valence-corrected chi connectivity index (χ2v) is 9.61. The van der Waals surface area contributed by atoms with Crippen molar-refractivity contribution in [2.45, 2.75) is 45.4 Å². The maximum Gasteiger partial charge on any atom is 0.248 e. The standard InChI is InChI=1S/C26H34N4O4/c1-19-7-4-5-9-22(19)34-23-16-27-15-21(28-23)20-8-6-12-30(17-20)25(32)26(2)10-13-29(14-11-26)24(31)18-33-3/h4-5,7,9,15-16,20H,6,8,10-14,17-18H2,1-3H3. The highest BCUT2D eigenvalue weighted by Crippen LogP contribution is 2.36. The van der Waals surface area contributed by atoms with E-state index in [0.29, 0.717) is 38.4 Å². The number of carbonyl (C=O) groups is 2. The van der Waals surface area contributed by atoms with E-state index in [9.17, 15) is 9.59 Å². The van der Waals surface area contributed by atoms with Crippen LogP contribution < -0.4 is 4.74 Å². The van der Waals surface area contributed by atoms with Crippen LogP contribution in [0.4, 0.5) is 0 Å². The van der Waals surface area contributed by atoms with Crippen LogP contribution in [0.5, 0.6) is 11.6 Å². The highest BCUT2D eigenvalue weighted by Gasteiger charge is 2.41. The predicted octanol–water partition coefficient (Wildman–Crippen LogP) is 3.56. The van der Waals surface area contributed by atoms with Gasteiger partial charge in [-0.15, -0.1) is 0 Å². The number of methoxy groups -OCH3 is 1. The molecule has 34 heavy (non-hydrogen) atoms. The minimum absolute atomic E-state index is 0.0126. The molecule has 0 bridgehead atoms. The molecule has 0 aliphatic carbocycles. The molecular formula is C26H34N4O4. The summed E-state index contributed by atoms with van der Waals surface area (Å²) in [5.41, 5.74) is 1.44. The fourth-order valence-corrected chi connectivity index (χ4v) is 4.85. The van der Waals surface area contributed by atoms with Gasteiger partial charge in [-0.3, -0.25) is 14.6 Å². The van der Waals surface area contributed by atoms with Crippen LogP contribution in [0.3, 0.4) is 0 Å². The predicted molar refractivity (Wildman–Crippen MR) is 128 cm³/mol. The zero-order chi connectivity index (χ0) is 24.1. The van der Waals surface area contributed by atoms with Crippen molar-refractivity contribution in [3.05, 3.63) is 47.9 Å². The molecule has 8 nitrogen and oxygen atoms in total. The van der Waals surface area contributed by atoms with Crippen molar-refractivity contribution in [1.29, 1.82) is 0 Å². The Morgan fingerprint density at radius 1 is 1.12 bits per heavy atom. The van der Waals surface area contributed by atoms with Gasteiger partial charge >= 0.3 is 0 Å². The molecule has 1 atom stereocenters. The van der Waals surface area contributed by atoms with Crippen LogP contribution in [0.25, 0.3) is 0 Å². The fraction of sp³-hybridized carbons (Fsp3) is 0.538. The molecule has 3 heterocycles. The summed E-state index contributed by atoms with van der Waals surface area (Å²) < 4.78 is 10.9. The first-order valence-electron chi connectivity index (χ1n) is 12.0. The van der Waals surface area contributed by atoms with Gasteiger partial charge in [0.2, 0.25) is 17.7 Å². The van der Waals surface area contributed by atoms with Crippen molar-refractivity contribution < 1.29 is 19.1 Å². The molecule has 0 N–H and O–H groups in total. The lowest BCUT2D eigenvalue weighted by molar-refractivity contribution is -0.149. The summed E-state index contributed by atoms with van der Waals surface area (Å²) in [6.07, 6.45) is 6.63. The number of hydrogen-bond donors (Lipinski definition) is 0. The molecule has 2 amide bonds. The van der Waals surface area contributed by atoms with Crippen LogP contribution in [0.1, 0.15) is 49.8 Å². The molecule has 2 aliphatic heterocycles. The number of benzene rings is 1. The lowest BCUT2D eigenvalue weighted by Crippen LogP contribution is -2.52. The first-order valence-corrected chi connectivity index (χ1v) is 12.0. The zero-order valence-electron chi connectivity index (χ0n) is 20.3. The minimum Gasteiger partial charge on any atom is -0.437 e. The van der Waals surface area contributed by atoms with Gasteiger partial charge in [-0.25, -0.2) is 4.98 Å². The molecule has 0 radical (unpaired) electrons. The molecule has 1 aromatic carbocycles. The van der Waals surface area contributed by atoms with Gasteiger partial charge in [0.15, 0.2) is 0 Å². The Labute approximate surface area is 201 Å². The van der Waals surface area contributed by atoms with E-state index < -0.39 is 5.41 Å². The van der Waals surface area contributed by atoms with E-state index in [1.807, 2.05) is 43.0 Å². The number of aryl methyl sites for hydroxylation is 1. The summed E-state index contributed by atoms with van der Waals surface area (Å²) in [7, 11) is 1.52. The second kappa shape index (κ2) is 10.5. The molecule has 4 rings (SSSR count). The van der Waals surface area contributed by atoms with E-state index in [-0.39, 0.29) is 24.3 Å². The number of piperidine rings is 2. The van der Waals surface area contributed by atoms with Crippen LogP contribution in [-0.4, -0.2) is 71.5 Å².